The van der Waals surface area contributed by atoms with Crippen LogP contribution in [0.25, 0.3) is 0 Å². The maximum atomic E-state index is 2.88. The normalized spacial score (nSPS) is 28.3. The summed E-state index contributed by atoms with van der Waals surface area (Å²) < 4.78 is 2.46. The van der Waals surface area contributed by atoms with E-state index in [1.807, 2.05) is 0 Å². The third-order valence-corrected chi connectivity index (χ3v) is 4.66. The number of unbranched alkanes of at least 4 members (excludes halogenated alkanes) is 7. The SMILES string of the molecule is CCCCCCCCCCC1C(CC)N1P. The molecule has 16 heavy (non-hydrogen) atoms. The van der Waals surface area contributed by atoms with Crippen molar-refractivity contribution in [3.63, 3.8) is 0 Å². The Balaban J connectivity index is 1.79. The van der Waals surface area contributed by atoms with E-state index < -0.39 is 0 Å². The Kier molecular flexibility index (Phi) is 7.66. The van der Waals surface area contributed by atoms with Gasteiger partial charge in [-0.05, 0) is 12.8 Å². The highest BCUT2D eigenvalue weighted by Gasteiger charge is 2.41. The minimum Gasteiger partial charge on any atom is -0.278 e. The summed E-state index contributed by atoms with van der Waals surface area (Å²) in [6.07, 6.45) is 14.3. The molecule has 0 N–H and O–H groups in total. The largest absolute Gasteiger partial charge is 0.278 e. The van der Waals surface area contributed by atoms with E-state index in [0.29, 0.717) is 0 Å². The Labute approximate surface area is 105 Å². The molecule has 1 fully saturated rings. The van der Waals surface area contributed by atoms with Gasteiger partial charge >= 0.3 is 0 Å². The lowest BCUT2D eigenvalue weighted by molar-refractivity contribution is 0.555. The molecule has 0 spiro atoms. The van der Waals surface area contributed by atoms with Crippen molar-refractivity contribution in [2.24, 2.45) is 0 Å². The summed E-state index contributed by atoms with van der Waals surface area (Å²) in [6.45, 7) is 4.59. The summed E-state index contributed by atoms with van der Waals surface area (Å²) in [5.74, 6) is 0. The minimum atomic E-state index is 0.884. The fourth-order valence-corrected chi connectivity index (χ4v) is 3.35. The van der Waals surface area contributed by atoms with Crippen LogP contribution in [0.3, 0.4) is 0 Å². The predicted octanol–water partition coefficient (Wildman–Crippen LogP) is 4.77. The topological polar surface area (TPSA) is 3.01 Å². The van der Waals surface area contributed by atoms with Gasteiger partial charge in [-0.15, -0.1) is 0 Å². The molecule has 0 radical (unpaired) electrons. The molecule has 1 heterocycles. The Morgan fingerprint density at radius 1 is 0.812 bits per heavy atom. The van der Waals surface area contributed by atoms with E-state index in [-0.39, 0.29) is 0 Å². The number of hydrogen-bond acceptors (Lipinski definition) is 1. The molecule has 1 aliphatic heterocycles. The van der Waals surface area contributed by atoms with Gasteiger partial charge in [-0.25, -0.2) is 0 Å². The van der Waals surface area contributed by atoms with Crippen LogP contribution in [0.5, 0.6) is 0 Å². The van der Waals surface area contributed by atoms with E-state index in [1.165, 1.54) is 64.2 Å². The average molecular weight is 243 g/mol. The highest BCUT2D eigenvalue weighted by atomic mass is 31.0. The molecule has 4 atom stereocenters. The van der Waals surface area contributed by atoms with Crippen LogP contribution in [-0.2, 0) is 0 Å². The summed E-state index contributed by atoms with van der Waals surface area (Å²) in [7, 11) is 2.88. The zero-order chi connectivity index (χ0) is 11.8. The molecule has 0 saturated carbocycles. The van der Waals surface area contributed by atoms with Crippen LogP contribution < -0.4 is 0 Å². The molecule has 1 saturated heterocycles. The van der Waals surface area contributed by atoms with Crippen LogP contribution in [0.15, 0.2) is 0 Å². The second-order valence-corrected chi connectivity index (χ2v) is 5.85. The van der Waals surface area contributed by atoms with Crippen LogP contribution in [0.1, 0.15) is 78.1 Å². The maximum Gasteiger partial charge on any atom is 0.0292 e. The number of rotatable bonds is 10. The van der Waals surface area contributed by atoms with E-state index in [4.69, 9.17) is 0 Å². The summed E-state index contributed by atoms with van der Waals surface area (Å²) in [5.41, 5.74) is 0. The molecule has 0 amide bonds. The van der Waals surface area contributed by atoms with E-state index >= 15 is 0 Å². The van der Waals surface area contributed by atoms with Crippen molar-refractivity contribution in [3.05, 3.63) is 0 Å². The monoisotopic (exact) mass is 243 g/mol. The lowest BCUT2D eigenvalue weighted by Gasteiger charge is -2.01. The Morgan fingerprint density at radius 3 is 1.88 bits per heavy atom. The van der Waals surface area contributed by atoms with Gasteiger partial charge in [-0.1, -0.05) is 74.6 Å². The highest BCUT2D eigenvalue weighted by molar-refractivity contribution is 7.13. The van der Waals surface area contributed by atoms with Crippen LogP contribution >= 0.6 is 9.39 Å². The molecular formula is C14H30NP. The van der Waals surface area contributed by atoms with Gasteiger partial charge in [0.15, 0.2) is 0 Å². The first-order valence-electron chi connectivity index (χ1n) is 7.34. The molecule has 0 aromatic carbocycles. The molecule has 2 heteroatoms. The molecule has 0 aromatic heterocycles. The van der Waals surface area contributed by atoms with Gasteiger partial charge in [0.1, 0.15) is 0 Å². The van der Waals surface area contributed by atoms with Crippen molar-refractivity contribution in [3.8, 4) is 0 Å². The molecule has 1 aliphatic rings. The zero-order valence-electron chi connectivity index (χ0n) is 11.3. The smallest absolute Gasteiger partial charge is 0.0292 e. The van der Waals surface area contributed by atoms with Crippen LogP contribution in [-0.4, -0.2) is 16.8 Å². The first-order chi connectivity index (χ1) is 7.81. The van der Waals surface area contributed by atoms with Crippen molar-refractivity contribution in [1.29, 1.82) is 0 Å². The first kappa shape index (κ1) is 14.5. The van der Waals surface area contributed by atoms with E-state index in [9.17, 15) is 0 Å². The maximum absolute atomic E-state index is 2.88. The van der Waals surface area contributed by atoms with Crippen molar-refractivity contribution >= 4 is 9.39 Å². The fourth-order valence-electron chi connectivity index (χ4n) is 2.67. The van der Waals surface area contributed by atoms with Gasteiger partial charge in [-0.3, -0.25) is 4.67 Å². The van der Waals surface area contributed by atoms with E-state index in [1.54, 1.807) is 0 Å². The third-order valence-electron chi connectivity index (χ3n) is 3.89. The number of nitrogens with zero attached hydrogens (tertiary/aromatic N) is 1. The Bertz CT molecular complexity index is 172. The highest BCUT2D eigenvalue weighted by Crippen LogP contribution is 2.38. The second-order valence-electron chi connectivity index (χ2n) is 5.25. The van der Waals surface area contributed by atoms with Crippen molar-refractivity contribution in [2.45, 2.75) is 90.1 Å². The molecular weight excluding hydrogens is 213 g/mol. The molecule has 1 nitrogen and oxygen atoms in total. The lowest BCUT2D eigenvalue weighted by Crippen LogP contribution is -1.92. The quantitative estimate of drug-likeness (QED) is 0.303. The molecule has 4 unspecified atom stereocenters. The summed E-state index contributed by atoms with van der Waals surface area (Å²) in [6, 6.07) is 1.78. The molecule has 1 rings (SSSR count). The summed E-state index contributed by atoms with van der Waals surface area (Å²) in [5, 5.41) is 0. The standard InChI is InChI=1S/C14H30NP/c1-3-5-6-7-8-9-10-11-12-14-13(4-2)15(14)16/h13-14H,3-12,16H2,1-2H3. The summed E-state index contributed by atoms with van der Waals surface area (Å²) in [4.78, 5) is 0. The predicted molar refractivity (Wildman–Crippen MR) is 76.6 cm³/mol. The lowest BCUT2D eigenvalue weighted by atomic mass is 10.1. The molecule has 0 aliphatic carbocycles. The average Bonchev–Trinajstić information content (AvgIpc) is 2.92. The van der Waals surface area contributed by atoms with Crippen molar-refractivity contribution < 1.29 is 0 Å². The van der Waals surface area contributed by atoms with E-state index in [0.717, 1.165) is 12.1 Å². The number of hydrogen-bond donors (Lipinski definition) is 0. The van der Waals surface area contributed by atoms with Crippen LogP contribution in [0, 0.1) is 0 Å². The summed E-state index contributed by atoms with van der Waals surface area (Å²) >= 11 is 0. The van der Waals surface area contributed by atoms with Crippen LogP contribution in [0.4, 0.5) is 0 Å². The van der Waals surface area contributed by atoms with Gasteiger partial charge in [-0.2, -0.15) is 0 Å². The zero-order valence-corrected chi connectivity index (χ0v) is 12.4. The van der Waals surface area contributed by atoms with E-state index in [2.05, 4.69) is 27.9 Å². The van der Waals surface area contributed by atoms with Gasteiger partial charge in [0.05, 0.1) is 0 Å². The van der Waals surface area contributed by atoms with Gasteiger partial charge in [0.25, 0.3) is 0 Å². The fraction of sp³-hybridized carbons (Fsp3) is 1.00. The Hall–Kier alpha value is 0.390. The minimum absolute atomic E-state index is 0.884. The second kappa shape index (κ2) is 8.48. The first-order valence-corrected chi connectivity index (χ1v) is 7.86. The van der Waals surface area contributed by atoms with Gasteiger partial charge in [0, 0.05) is 12.1 Å². The van der Waals surface area contributed by atoms with Gasteiger partial charge < -0.3 is 0 Å². The Morgan fingerprint density at radius 2 is 1.38 bits per heavy atom. The molecule has 0 bridgehead atoms. The third kappa shape index (κ3) is 5.15. The van der Waals surface area contributed by atoms with Gasteiger partial charge in [0.2, 0.25) is 0 Å². The van der Waals surface area contributed by atoms with Crippen molar-refractivity contribution in [1.82, 2.24) is 4.67 Å². The molecule has 0 aromatic rings. The molecule has 96 valence electrons. The van der Waals surface area contributed by atoms with Crippen LogP contribution in [0.2, 0.25) is 0 Å². The van der Waals surface area contributed by atoms with Crippen molar-refractivity contribution in [2.75, 3.05) is 0 Å².